The zero-order valence-electron chi connectivity index (χ0n) is 10.7. The summed E-state index contributed by atoms with van der Waals surface area (Å²) in [4.78, 5) is 4.47. The molecule has 1 aromatic heterocycles. The summed E-state index contributed by atoms with van der Waals surface area (Å²) in [6, 6.07) is 14.5. The molecule has 2 aromatic carbocycles. The largest absolute Gasteiger partial charge is 0.439 e. The van der Waals surface area contributed by atoms with E-state index in [9.17, 15) is 4.39 Å². The highest BCUT2D eigenvalue weighted by atomic mass is 79.9. The molecule has 0 radical (unpaired) electrons. The van der Waals surface area contributed by atoms with Gasteiger partial charge in [0.05, 0.1) is 9.99 Å². The first-order valence-corrected chi connectivity index (χ1v) is 6.92. The molecule has 0 atom stereocenters. The van der Waals surface area contributed by atoms with Gasteiger partial charge in [-0.2, -0.15) is 0 Å². The van der Waals surface area contributed by atoms with Crippen molar-refractivity contribution >= 4 is 26.8 Å². The van der Waals surface area contributed by atoms with Gasteiger partial charge in [0.1, 0.15) is 11.6 Å². The molecule has 0 amide bonds. The number of benzene rings is 2. The average Bonchev–Trinajstić information content (AvgIpc) is 2.44. The summed E-state index contributed by atoms with van der Waals surface area (Å²) in [5, 5.41) is 1.05. The van der Waals surface area contributed by atoms with E-state index in [-0.39, 0.29) is 5.82 Å². The molecule has 0 aliphatic rings. The highest BCUT2D eigenvalue weighted by molar-refractivity contribution is 9.10. The molecule has 0 aliphatic carbocycles. The fourth-order valence-electron chi connectivity index (χ4n) is 1.96. The molecule has 3 aromatic rings. The SMILES string of the molecule is Cc1cc2ccccc2nc1Oc1ccc(Br)c(F)c1. The van der Waals surface area contributed by atoms with Crippen molar-refractivity contribution in [2.45, 2.75) is 6.92 Å². The van der Waals surface area contributed by atoms with Crippen molar-refractivity contribution in [3.05, 3.63) is 64.4 Å². The normalized spacial score (nSPS) is 10.8. The molecule has 1 heterocycles. The van der Waals surface area contributed by atoms with Crippen LogP contribution < -0.4 is 4.74 Å². The van der Waals surface area contributed by atoms with E-state index in [1.807, 2.05) is 37.3 Å². The minimum absolute atomic E-state index is 0.360. The van der Waals surface area contributed by atoms with E-state index in [1.165, 1.54) is 6.07 Å². The number of hydrogen-bond donors (Lipinski definition) is 0. The minimum Gasteiger partial charge on any atom is -0.439 e. The predicted molar refractivity (Wildman–Crippen MR) is 80.7 cm³/mol. The van der Waals surface area contributed by atoms with Crippen LogP contribution in [0.5, 0.6) is 11.6 Å². The Morgan fingerprint density at radius 1 is 1.10 bits per heavy atom. The molecule has 0 spiro atoms. The van der Waals surface area contributed by atoms with Crippen molar-refractivity contribution in [3.63, 3.8) is 0 Å². The molecule has 0 unspecified atom stereocenters. The molecule has 100 valence electrons. The second-order valence-corrected chi connectivity index (χ2v) is 5.34. The van der Waals surface area contributed by atoms with Gasteiger partial charge < -0.3 is 4.74 Å². The highest BCUT2D eigenvalue weighted by Gasteiger charge is 2.07. The number of rotatable bonds is 2. The number of aryl methyl sites for hydroxylation is 1. The third-order valence-corrected chi connectivity index (χ3v) is 3.62. The fraction of sp³-hybridized carbons (Fsp3) is 0.0625. The van der Waals surface area contributed by atoms with E-state index in [0.717, 1.165) is 16.5 Å². The van der Waals surface area contributed by atoms with Gasteiger partial charge in [-0.15, -0.1) is 0 Å². The zero-order valence-corrected chi connectivity index (χ0v) is 12.3. The zero-order chi connectivity index (χ0) is 14.1. The van der Waals surface area contributed by atoms with Crippen molar-refractivity contribution < 1.29 is 9.13 Å². The van der Waals surface area contributed by atoms with Gasteiger partial charge in [0.2, 0.25) is 5.88 Å². The van der Waals surface area contributed by atoms with Crippen molar-refractivity contribution in [1.82, 2.24) is 4.98 Å². The first-order chi connectivity index (χ1) is 9.63. The van der Waals surface area contributed by atoms with Crippen LogP contribution in [-0.2, 0) is 0 Å². The number of para-hydroxylation sites is 1. The lowest BCUT2D eigenvalue weighted by Crippen LogP contribution is -1.93. The number of fused-ring (bicyclic) bond motifs is 1. The van der Waals surface area contributed by atoms with E-state index >= 15 is 0 Å². The Balaban J connectivity index is 2.01. The number of aromatic nitrogens is 1. The number of ether oxygens (including phenoxy) is 1. The number of nitrogens with zero attached hydrogens (tertiary/aromatic N) is 1. The molecule has 4 heteroatoms. The first-order valence-electron chi connectivity index (χ1n) is 6.13. The lowest BCUT2D eigenvalue weighted by Gasteiger charge is -2.09. The van der Waals surface area contributed by atoms with Gasteiger partial charge in [-0.25, -0.2) is 9.37 Å². The smallest absolute Gasteiger partial charge is 0.222 e. The second kappa shape index (κ2) is 5.21. The maximum Gasteiger partial charge on any atom is 0.222 e. The van der Waals surface area contributed by atoms with Crippen LogP contribution >= 0.6 is 15.9 Å². The highest BCUT2D eigenvalue weighted by Crippen LogP contribution is 2.28. The quantitative estimate of drug-likeness (QED) is 0.640. The Labute approximate surface area is 124 Å². The van der Waals surface area contributed by atoms with Gasteiger partial charge in [-0.3, -0.25) is 0 Å². The van der Waals surface area contributed by atoms with Crippen molar-refractivity contribution in [1.29, 1.82) is 0 Å². The maximum atomic E-state index is 13.5. The molecule has 0 saturated carbocycles. The third-order valence-electron chi connectivity index (χ3n) is 2.97. The van der Waals surface area contributed by atoms with Crippen LogP contribution in [0.25, 0.3) is 10.9 Å². The van der Waals surface area contributed by atoms with Crippen molar-refractivity contribution in [2.75, 3.05) is 0 Å². The van der Waals surface area contributed by atoms with Gasteiger partial charge in [-0.1, -0.05) is 18.2 Å². The number of halogens is 2. The van der Waals surface area contributed by atoms with Gasteiger partial charge in [0.25, 0.3) is 0 Å². The summed E-state index contributed by atoms with van der Waals surface area (Å²) in [5.41, 5.74) is 1.76. The van der Waals surface area contributed by atoms with Gasteiger partial charge in [0, 0.05) is 17.0 Å². The molecule has 20 heavy (non-hydrogen) atoms. The Morgan fingerprint density at radius 3 is 2.70 bits per heavy atom. The molecular weight excluding hydrogens is 321 g/mol. The summed E-state index contributed by atoms with van der Waals surface area (Å²) in [7, 11) is 0. The molecule has 0 saturated heterocycles. The maximum absolute atomic E-state index is 13.5. The summed E-state index contributed by atoms with van der Waals surface area (Å²) in [5.74, 6) is 0.558. The molecular formula is C16H11BrFNO. The van der Waals surface area contributed by atoms with Crippen LogP contribution in [-0.4, -0.2) is 4.98 Å². The van der Waals surface area contributed by atoms with Crippen molar-refractivity contribution in [3.8, 4) is 11.6 Å². The van der Waals surface area contributed by atoms with Gasteiger partial charge in [-0.05, 0) is 47.1 Å². The van der Waals surface area contributed by atoms with Gasteiger partial charge >= 0.3 is 0 Å². The molecule has 3 rings (SSSR count). The standard InChI is InChI=1S/C16H11BrFNO/c1-10-8-11-4-2-3-5-15(11)19-16(10)20-12-6-7-13(17)14(18)9-12/h2-9H,1H3. The van der Waals surface area contributed by atoms with Crippen molar-refractivity contribution in [2.24, 2.45) is 0 Å². The van der Waals surface area contributed by atoms with E-state index < -0.39 is 0 Å². The summed E-state index contributed by atoms with van der Waals surface area (Å²) < 4.78 is 19.6. The summed E-state index contributed by atoms with van der Waals surface area (Å²) in [6.45, 7) is 1.92. The average molecular weight is 332 g/mol. The molecule has 0 N–H and O–H groups in total. The lowest BCUT2D eigenvalue weighted by atomic mass is 10.2. The Hall–Kier alpha value is -1.94. The third kappa shape index (κ3) is 2.51. The van der Waals surface area contributed by atoms with Crippen LogP contribution in [0.15, 0.2) is 53.0 Å². The Morgan fingerprint density at radius 2 is 1.90 bits per heavy atom. The molecule has 0 bridgehead atoms. The topological polar surface area (TPSA) is 22.1 Å². The van der Waals surface area contributed by atoms with E-state index in [2.05, 4.69) is 20.9 Å². The van der Waals surface area contributed by atoms with Crippen LogP contribution in [0.4, 0.5) is 4.39 Å². The Bertz CT molecular complexity index is 789. The predicted octanol–water partition coefficient (Wildman–Crippen LogP) is 5.24. The van der Waals surface area contributed by atoms with E-state index in [4.69, 9.17) is 4.74 Å². The lowest BCUT2D eigenvalue weighted by molar-refractivity contribution is 0.456. The fourth-order valence-corrected chi connectivity index (χ4v) is 2.21. The monoisotopic (exact) mass is 331 g/mol. The summed E-state index contributed by atoms with van der Waals surface area (Å²) in [6.07, 6.45) is 0. The number of hydrogen-bond acceptors (Lipinski definition) is 2. The van der Waals surface area contributed by atoms with Gasteiger partial charge in [0.15, 0.2) is 0 Å². The first kappa shape index (κ1) is 13.1. The number of pyridine rings is 1. The molecule has 0 fully saturated rings. The molecule has 0 aliphatic heterocycles. The van der Waals surface area contributed by atoms with E-state index in [0.29, 0.717) is 16.1 Å². The van der Waals surface area contributed by atoms with E-state index in [1.54, 1.807) is 12.1 Å². The summed E-state index contributed by atoms with van der Waals surface area (Å²) >= 11 is 3.12. The second-order valence-electron chi connectivity index (χ2n) is 4.48. The van der Waals surface area contributed by atoms with Crippen LogP contribution in [0, 0.1) is 12.7 Å². The van der Waals surface area contributed by atoms with Crippen LogP contribution in [0.1, 0.15) is 5.56 Å². The van der Waals surface area contributed by atoms with Crippen LogP contribution in [0.3, 0.4) is 0 Å². The van der Waals surface area contributed by atoms with Crippen LogP contribution in [0.2, 0.25) is 0 Å². The Kier molecular flexibility index (Phi) is 3.40. The molecule has 2 nitrogen and oxygen atoms in total. The minimum atomic E-state index is -0.360.